The highest BCUT2D eigenvalue weighted by Gasteiger charge is 2.39. The van der Waals surface area contributed by atoms with Crippen molar-refractivity contribution in [2.24, 2.45) is 0 Å². The zero-order valence-electron chi connectivity index (χ0n) is 33.5. The van der Waals surface area contributed by atoms with Crippen LogP contribution in [0.5, 0.6) is 17.2 Å². The predicted octanol–water partition coefficient (Wildman–Crippen LogP) is 5.86. The first-order chi connectivity index (χ1) is 28.0. The molecule has 0 spiro atoms. The molecule has 5 aromatic rings. The Morgan fingerprint density at radius 1 is 0.814 bits per heavy atom. The summed E-state index contributed by atoms with van der Waals surface area (Å²) in [5.74, 6) is 1.68. The second kappa shape index (κ2) is 18.0. The first-order valence-electron chi connectivity index (χ1n) is 18.5. The van der Waals surface area contributed by atoms with E-state index >= 15 is 8.42 Å². The average molecular weight is 913 g/mol. The van der Waals surface area contributed by atoms with E-state index in [4.69, 9.17) is 18.9 Å². The fraction of sp³-hybridized carbons (Fsp3) is 0.350. The van der Waals surface area contributed by atoms with Gasteiger partial charge in [-0.3, -0.25) is 0 Å². The monoisotopic (exact) mass is 911 g/mol. The molecular formula is C40H46BrN7O9S2. The number of nitrogens with zero attached hydrogens (tertiary/aromatic N) is 6. The molecule has 1 aliphatic rings. The number of carbonyl (C=O) groups is 1. The summed E-state index contributed by atoms with van der Waals surface area (Å²) in [6.07, 6.45) is -0.309. The molecule has 16 nitrogen and oxygen atoms in total. The van der Waals surface area contributed by atoms with Gasteiger partial charge in [-0.25, -0.2) is 26.4 Å². The fourth-order valence-electron chi connectivity index (χ4n) is 6.38. The van der Waals surface area contributed by atoms with Crippen molar-refractivity contribution in [3.63, 3.8) is 0 Å². The Morgan fingerprint density at radius 3 is 1.85 bits per heavy atom. The predicted molar refractivity (Wildman–Crippen MR) is 222 cm³/mol. The number of rotatable bonds is 15. The van der Waals surface area contributed by atoms with Crippen LogP contribution in [-0.2, 0) is 44.4 Å². The van der Waals surface area contributed by atoms with Crippen LogP contribution in [0.1, 0.15) is 43.9 Å². The Kier molecular flexibility index (Phi) is 13.3. The maximum Gasteiger partial charge on any atom is 0.410 e. The standard InChI is InChI=1S/C40H46BrN7O9S2/c1-40(2,3)57-39(49)46-22-21-30(26-46)44-58(50,51)35-20-19-34(41)36(38-42-45-48(43-38)25-29-11-17-33(56-6)18-12-29)37(35)59(52,53)47(23-27-7-13-31(54-4)14-8-27)24-28-9-15-32(55-5)16-10-28/h7-20,30,44H,21-26H2,1-6H3/t30-/m1/s1. The molecule has 1 aromatic heterocycles. The summed E-state index contributed by atoms with van der Waals surface area (Å²) in [7, 11) is -4.77. The lowest BCUT2D eigenvalue weighted by atomic mass is 10.2. The largest absolute Gasteiger partial charge is 0.497 e. The van der Waals surface area contributed by atoms with Crippen LogP contribution in [0.25, 0.3) is 11.4 Å². The van der Waals surface area contributed by atoms with E-state index < -0.39 is 47.6 Å². The third kappa shape index (κ3) is 10.6. The van der Waals surface area contributed by atoms with E-state index in [1.54, 1.807) is 88.5 Å². The van der Waals surface area contributed by atoms with E-state index in [1.165, 1.54) is 40.4 Å². The first kappa shape index (κ1) is 43.5. The lowest BCUT2D eigenvalue weighted by Crippen LogP contribution is -2.41. The molecule has 0 radical (unpaired) electrons. The lowest BCUT2D eigenvalue weighted by molar-refractivity contribution is 0.0292. The molecule has 1 N–H and O–H groups in total. The summed E-state index contributed by atoms with van der Waals surface area (Å²) in [6.45, 7) is 5.35. The third-order valence-corrected chi connectivity index (χ3v) is 13.5. The van der Waals surface area contributed by atoms with Crippen molar-refractivity contribution < 1.29 is 40.6 Å². The van der Waals surface area contributed by atoms with Crippen LogP contribution < -0.4 is 18.9 Å². The quantitative estimate of drug-likeness (QED) is 0.132. The van der Waals surface area contributed by atoms with Crippen molar-refractivity contribution in [3.8, 4) is 28.6 Å². The minimum atomic E-state index is -4.77. The van der Waals surface area contributed by atoms with Crippen LogP contribution in [0, 0.1) is 0 Å². The van der Waals surface area contributed by atoms with E-state index in [-0.39, 0.29) is 55.0 Å². The van der Waals surface area contributed by atoms with Gasteiger partial charge in [0.25, 0.3) is 0 Å². The van der Waals surface area contributed by atoms with Gasteiger partial charge in [0.15, 0.2) is 0 Å². The number of hydrogen-bond donors (Lipinski definition) is 1. The maximum atomic E-state index is 15.5. The smallest absolute Gasteiger partial charge is 0.410 e. The highest BCUT2D eigenvalue weighted by atomic mass is 79.9. The summed E-state index contributed by atoms with van der Waals surface area (Å²) < 4.78 is 85.6. The Morgan fingerprint density at radius 2 is 1.34 bits per heavy atom. The molecule has 1 amide bonds. The van der Waals surface area contributed by atoms with Crippen LogP contribution in [0.3, 0.4) is 0 Å². The molecule has 1 atom stereocenters. The van der Waals surface area contributed by atoms with Crippen molar-refractivity contribution in [2.45, 2.75) is 68.3 Å². The summed E-state index contributed by atoms with van der Waals surface area (Å²) in [6, 6.07) is 22.9. The van der Waals surface area contributed by atoms with E-state index in [2.05, 4.69) is 36.1 Å². The van der Waals surface area contributed by atoms with Gasteiger partial charge in [0.2, 0.25) is 25.9 Å². The number of aromatic nitrogens is 4. The van der Waals surface area contributed by atoms with Gasteiger partial charge in [0.1, 0.15) is 32.6 Å². The minimum absolute atomic E-state index is 0.0158. The number of carbonyl (C=O) groups excluding carboxylic acids is 1. The van der Waals surface area contributed by atoms with E-state index in [0.717, 1.165) is 5.56 Å². The van der Waals surface area contributed by atoms with Crippen molar-refractivity contribution in [2.75, 3.05) is 34.4 Å². The van der Waals surface area contributed by atoms with Crippen molar-refractivity contribution in [1.29, 1.82) is 0 Å². The van der Waals surface area contributed by atoms with Crippen LogP contribution in [0.2, 0.25) is 0 Å². The summed E-state index contributed by atoms with van der Waals surface area (Å²) >= 11 is 3.50. The molecule has 19 heteroatoms. The molecule has 59 heavy (non-hydrogen) atoms. The zero-order chi connectivity index (χ0) is 42.5. The first-order valence-corrected chi connectivity index (χ1v) is 22.2. The Labute approximate surface area is 352 Å². The number of nitrogens with one attached hydrogen (secondary N) is 1. The zero-order valence-corrected chi connectivity index (χ0v) is 36.7. The van der Waals surface area contributed by atoms with Crippen molar-refractivity contribution in [1.82, 2.24) is 34.1 Å². The number of likely N-dealkylation sites (tertiary alicyclic amines) is 1. The molecular weight excluding hydrogens is 867 g/mol. The van der Waals surface area contributed by atoms with E-state index in [9.17, 15) is 13.2 Å². The van der Waals surface area contributed by atoms with Gasteiger partial charge >= 0.3 is 6.09 Å². The number of halogens is 1. The minimum Gasteiger partial charge on any atom is -0.497 e. The van der Waals surface area contributed by atoms with Crippen LogP contribution in [-0.4, -0.2) is 98.4 Å². The number of ether oxygens (including phenoxy) is 4. The van der Waals surface area contributed by atoms with Gasteiger partial charge in [0.05, 0.1) is 33.4 Å². The molecule has 4 aromatic carbocycles. The Balaban J connectivity index is 1.46. The number of benzene rings is 4. The Hall–Kier alpha value is -5.08. The van der Waals surface area contributed by atoms with Crippen LogP contribution >= 0.6 is 15.9 Å². The lowest BCUT2D eigenvalue weighted by Gasteiger charge is -2.26. The normalized spacial score (nSPS) is 14.7. The van der Waals surface area contributed by atoms with Gasteiger partial charge < -0.3 is 23.8 Å². The van der Waals surface area contributed by atoms with Crippen LogP contribution in [0.15, 0.2) is 99.2 Å². The molecule has 1 aliphatic heterocycles. The van der Waals surface area contributed by atoms with Crippen molar-refractivity contribution in [3.05, 3.63) is 106 Å². The summed E-state index contributed by atoms with van der Waals surface area (Å²) in [5.41, 5.74) is 1.17. The van der Waals surface area contributed by atoms with Gasteiger partial charge in [0, 0.05) is 36.7 Å². The fourth-order valence-corrected chi connectivity index (χ4v) is 10.7. The molecule has 0 aliphatic carbocycles. The molecule has 0 bridgehead atoms. The molecule has 1 fully saturated rings. The maximum absolute atomic E-state index is 15.5. The molecule has 6 rings (SSSR count). The Bertz CT molecular complexity index is 2430. The summed E-state index contributed by atoms with van der Waals surface area (Å²) in [5, 5.41) is 13.0. The second-order valence-electron chi connectivity index (χ2n) is 14.7. The van der Waals surface area contributed by atoms with Crippen LogP contribution in [0.4, 0.5) is 4.79 Å². The van der Waals surface area contributed by atoms with Gasteiger partial charge in [-0.15, -0.1) is 10.2 Å². The molecule has 0 unspecified atom stereocenters. The molecule has 314 valence electrons. The third-order valence-electron chi connectivity index (χ3n) is 9.32. The highest BCUT2D eigenvalue weighted by molar-refractivity contribution is 9.10. The van der Waals surface area contributed by atoms with Gasteiger partial charge in [-0.05, 0) is 114 Å². The molecule has 2 heterocycles. The number of amides is 1. The SMILES string of the molecule is COc1ccc(CN(Cc2ccc(OC)cc2)S(=O)(=O)c2c(S(=O)(=O)N[C@@H]3CCN(C(=O)OC(C)(C)C)C3)ccc(Br)c2-c2nnn(Cc3ccc(OC)cc3)n2)cc1. The second-order valence-corrected chi connectivity index (χ2v) is 19.2. The molecule has 0 saturated carbocycles. The number of sulfonamides is 2. The van der Waals surface area contributed by atoms with Crippen molar-refractivity contribution >= 4 is 42.1 Å². The summed E-state index contributed by atoms with van der Waals surface area (Å²) in [4.78, 5) is 14.5. The van der Waals surface area contributed by atoms with Gasteiger partial charge in [-0.2, -0.15) is 9.10 Å². The topological polar surface area (TPSA) is 184 Å². The van der Waals surface area contributed by atoms with E-state index in [0.29, 0.717) is 28.4 Å². The average Bonchev–Trinajstić information content (AvgIpc) is 3.87. The van der Waals surface area contributed by atoms with Gasteiger partial charge in [-0.1, -0.05) is 36.4 Å². The highest BCUT2D eigenvalue weighted by Crippen LogP contribution is 2.40. The van der Waals surface area contributed by atoms with E-state index in [1.807, 2.05) is 12.1 Å². The number of tetrazole rings is 1. The number of methoxy groups -OCH3 is 3. The number of hydrogen-bond acceptors (Lipinski definition) is 12. The molecule has 1 saturated heterocycles.